The van der Waals surface area contributed by atoms with Crippen molar-refractivity contribution in [2.45, 2.75) is 25.8 Å². The topological polar surface area (TPSA) is 84.5 Å². The second kappa shape index (κ2) is 9.91. The first-order valence-corrected chi connectivity index (χ1v) is 9.46. The Hall–Kier alpha value is -2.09. The maximum atomic E-state index is 12.6. The highest BCUT2D eigenvalue weighted by molar-refractivity contribution is 6.33. The number of benzene rings is 1. The molecule has 1 aromatic carbocycles. The van der Waals surface area contributed by atoms with Crippen molar-refractivity contribution in [2.75, 3.05) is 31.1 Å². The molecule has 3 rings (SSSR count). The van der Waals surface area contributed by atoms with E-state index in [0.29, 0.717) is 50.4 Å². The summed E-state index contributed by atoms with van der Waals surface area (Å²) in [6, 6.07) is 9.18. The van der Waals surface area contributed by atoms with Gasteiger partial charge in [0.1, 0.15) is 5.02 Å². The van der Waals surface area contributed by atoms with Crippen LogP contribution in [-0.4, -0.2) is 52.8 Å². The van der Waals surface area contributed by atoms with Crippen LogP contribution in [0.4, 0.5) is 5.69 Å². The van der Waals surface area contributed by atoms with Gasteiger partial charge in [-0.05, 0) is 25.5 Å². The Labute approximate surface area is 175 Å². The molecule has 1 atom stereocenters. The van der Waals surface area contributed by atoms with E-state index in [1.54, 1.807) is 18.3 Å². The smallest absolute Gasteiger partial charge is 0.292 e. The van der Waals surface area contributed by atoms with E-state index in [-0.39, 0.29) is 34.9 Å². The average Bonchev–Trinajstić information content (AvgIpc) is 2.69. The molecule has 0 radical (unpaired) electrons. The molecule has 0 aliphatic carbocycles. The second-order valence-corrected chi connectivity index (χ2v) is 7.16. The van der Waals surface area contributed by atoms with Gasteiger partial charge in [-0.3, -0.25) is 9.59 Å². The molecule has 28 heavy (non-hydrogen) atoms. The molecule has 9 heteroatoms. The first kappa shape index (κ1) is 22.2. The van der Waals surface area contributed by atoms with Crippen LogP contribution in [0.5, 0.6) is 0 Å². The Morgan fingerprint density at radius 3 is 2.46 bits per heavy atom. The fraction of sp³-hybridized carbons (Fsp3) is 0.421. The molecule has 0 bridgehead atoms. The number of hydrogen-bond donors (Lipinski definition) is 1. The van der Waals surface area contributed by atoms with Gasteiger partial charge in [-0.2, -0.15) is 9.78 Å². The summed E-state index contributed by atoms with van der Waals surface area (Å²) in [5, 5.41) is 4.42. The number of rotatable bonds is 5. The molecule has 1 aromatic heterocycles. The van der Waals surface area contributed by atoms with E-state index < -0.39 is 0 Å². The van der Waals surface area contributed by atoms with E-state index in [0.717, 1.165) is 0 Å². The number of para-hydroxylation sites is 1. The van der Waals surface area contributed by atoms with Crippen molar-refractivity contribution in [3.63, 3.8) is 0 Å². The summed E-state index contributed by atoms with van der Waals surface area (Å²) < 4.78 is 1.29. The second-order valence-electron chi connectivity index (χ2n) is 6.78. The third kappa shape index (κ3) is 5.04. The zero-order valence-electron chi connectivity index (χ0n) is 15.8. The molecule has 1 unspecified atom stereocenters. The lowest BCUT2D eigenvalue weighted by molar-refractivity contribution is -0.131. The van der Waals surface area contributed by atoms with Crippen LogP contribution in [0.15, 0.2) is 41.3 Å². The molecule has 1 fully saturated rings. The van der Waals surface area contributed by atoms with Crippen molar-refractivity contribution in [3.05, 3.63) is 51.9 Å². The first-order valence-electron chi connectivity index (χ1n) is 9.09. The number of nitrogens with two attached hydrogens (primary N) is 1. The normalized spacial score (nSPS) is 15.1. The number of carbonyl (C=O) groups excluding carboxylic acids is 1. The summed E-state index contributed by atoms with van der Waals surface area (Å²) in [7, 11) is 0. The van der Waals surface area contributed by atoms with Crippen molar-refractivity contribution in [3.8, 4) is 5.69 Å². The minimum Gasteiger partial charge on any atom is -0.365 e. The molecule has 152 valence electrons. The highest BCUT2D eigenvalue weighted by atomic mass is 35.5. The average molecular weight is 426 g/mol. The van der Waals surface area contributed by atoms with E-state index in [2.05, 4.69) is 5.10 Å². The van der Waals surface area contributed by atoms with Gasteiger partial charge in [-0.15, -0.1) is 12.4 Å². The third-order valence-electron chi connectivity index (χ3n) is 4.69. The van der Waals surface area contributed by atoms with Crippen molar-refractivity contribution in [1.82, 2.24) is 14.7 Å². The molecule has 1 aliphatic heterocycles. The van der Waals surface area contributed by atoms with Gasteiger partial charge in [-0.1, -0.05) is 29.8 Å². The quantitative estimate of drug-likeness (QED) is 0.792. The summed E-state index contributed by atoms with van der Waals surface area (Å²) >= 11 is 6.36. The molecular formula is C19H25Cl2N5O2. The van der Waals surface area contributed by atoms with Crippen LogP contribution in [0.1, 0.15) is 19.8 Å². The maximum absolute atomic E-state index is 12.6. The number of nitrogens with zero attached hydrogens (tertiary/aromatic N) is 4. The molecule has 0 saturated carbocycles. The lowest BCUT2D eigenvalue weighted by atomic mass is 10.1. The first-order chi connectivity index (χ1) is 13.0. The van der Waals surface area contributed by atoms with Crippen LogP contribution in [-0.2, 0) is 4.79 Å². The van der Waals surface area contributed by atoms with Crippen molar-refractivity contribution in [2.24, 2.45) is 5.73 Å². The maximum Gasteiger partial charge on any atom is 0.292 e. The molecule has 0 spiro atoms. The van der Waals surface area contributed by atoms with Crippen LogP contribution in [0, 0.1) is 0 Å². The van der Waals surface area contributed by atoms with Gasteiger partial charge in [0.25, 0.3) is 5.56 Å². The van der Waals surface area contributed by atoms with E-state index in [1.807, 2.05) is 34.9 Å². The molecule has 1 amide bonds. The van der Waals surface area contributed by atoms with Crippen LogP contribution >= 0.6 is 24.0 Å². The van der Waals surface area contributed by atoms with Crippen molar-refractivity contribution in [1.29, 1.82) is 0 Å². The molecule has 1 aliphatic rings. The predicted octanol–water partition coefficient (Wildman–Crippen LogP) is 2.08. The zero-order chi connectivity index (χ0) is 19.4. The summed E-state index contributed by atoms with van der Waals surface area (Å²) in [4.78, 5) is 28.7. The highest BCUT2D eigenvalue weighted by Gasteiger charge is 2.24. The van der Waals surface area contributed by atoms with Gasteiger partial charge >= 0.3 is 0 Å². The zero-order valence-corrected chi connectivity index (χ0v) is 17.3. The number of amides is 1. The summed E-state index contributed by atoms with van der Waals surface area (Å²) in [6.45, 7) is 4.31. The molecule has 2 aromatic rings. The Bertz CT molecular complexity index is 849. The van der Waals surface area contributed by atoms with Crippen LogP contribution in [0.3, 0.4) is 0 Å². The summed E-state index contributed by atoms with van der Waals surface area (Å²) in [5.74, 6) is 0.121. The number of anilines is 1. The SMILES string of the molecule is CC(N)CCC(=O)N1CCN(c2cnn(-c3ccccc3)c(=O)c2Cl)CC1.Cl. The third-order valence-corrected chi connectivity index (χ3v) is 5.04. The number of halogens is 2. The van der Waals surface area contributed by atoms with Gasteiger partial charge in [0, 0.05) is 38.6 Å². The fourth-order valence-electron chi connectivity index (χ4n) is 3.10. The number of piperazine rings is 1. The van der Waals surface area contributed by atoms with Gasteiger partial charge in [0.05, 0.1) is 17.6 Å². The van der Waals surface area contributed by atoms with Gasteiger partial charge in [0.2, 0.25) is 5.91 Å². The number of hydrogen-bond acceptors (Lipinski definition) is 5. The van der Waals surface area contributed by atoms with Gasteiger partial charge in [-0.25, -0.2) is 0 Å². The Morgan fingerprint density at radius 1 is 1.21 bits per heavy atom. The van der Waals surface area contributed by atoms with E-state index >= 15 is 0 Å². The fourth-order valence-corrected chi connectivity index (χ4v) is 3.35. The van der Waals surface area contributed by atoms with Gasteiger partial charge in [0.15, 0.2) is 0 Å². The molecule has 2 heterocycles. The van der Waals surface area contributed by atoms with Crippen LogP contribution < -0.4 is 16.2 Å². The van der Waals surface area contributed by atoms with E-state index in [4.69, 9.17) is 17.3 Å². The minimum atomic E-state index is -0.351. The van der Waals surface area contributed by atoms with Crippen LogP contribution in [0.2, 0.25) is 5.02 Å². The van der Waals surface area contributed by atoms with E-state index in [9.17, 15) is 9.59 Å². The Morgan fingerprint density at radius 2 is 1.86 bits per heavy atom. The molecule has 7 nitrogen and oxygen atoms in total. The van der Waals surface area contributed by atoms with Crippen LogP contribution in [0.25, 0.3) is 5.69 Å². The Balaban J connectivity index is 0.00000280. The molecule has 1 saturated heterocycles. The van der Waals surface area contributed by atoms with Gasteiger partial charge < -0.3 is 15.5 Å². The van der Waals surface area contributed by atoms with E-state index in [1.165, 1.54) is 4.68 Å². The molecule has 2 N–H and O–H groups in total. The largest absolute Gasteiger partial charge is 0.365 e. The highest BCUT2D eigenvalue weighted by Crippen LogP contribution is 2.23. The minimum absolute atomic E-state index is 0. The number of carbonyl (C=O) groups is 1. The summed E-state index contributed by atoms with van der Waals surface area (Å²) in [5.41, 5.74) is 6.65. The number of aromatic nitrogens is 2. The standard InChI is InChI=1S/C19H24ClN5O2.ClH/c1-14(21)7-8-17(26)24-11-9-23(10-12-24)16-13-22-25(19(27)18(16)20)15-5-3-2-4-6-15;/h2-6,13-14H,7-12,21H2,1H3;1H. The van der Waals surface area contributed by atoms with Crippen molar-refractivity contribution >= 4 is 35.6 Å². The summed E-state index contributed by atoms with van der Waals surface area (Å²) in [6.07, 6.45) is 2.77. The predicted molar refractivity (Wildman–Crippen MR) is 114 cm³/mol. The lowest BCUT2D eigenvalue weighted by Crippen LogP contribution is -2.49. The Kier molecular flexibility index (Phi) is 7.86. The lowest BCUT2D eigenvalue weighted by Gasteiger charge is -2.36. The van der Waals surface area contributed by atoms with Crippen molar-refractivity contribution < 1.29 is 4.79 Å². The monoisotopic (exact) mass is 425 g/mol. The molecular weight excluding hydrogens is 401 g/mol.